The molecule has 0 unspecified atom stereocenters. The van der Waals surface area contributed by atoms with Gasteiger partial charge in [0.15, 0.2) is 5.96 Å². The summed E-state index contributed by atoms with van der Waals surface area (Å²) in [6, 6.07) is 14.6. The molecule has 6 nitrogen and oxygen atoms in total. The highest BCUT2D eigenvalue weighted by Crippen LogP contribution is 2.19. The predicted octanol–water partition coefficient (Wildman–Crippen LogP) is 4.47. The molecule has 0 radical (unpaired) electrons. The zero-order chi connectivity index (χ0) is 22.3. The van der Waals surface area contributed by atoms with E-state index in [0.717, 1.165) is 49.0 Å². The second-order valence-electron chi connectivity index (χ2n) is 7.26. The molecule has 0 bridgehead atoms. The van der Waals surface area contributed by atoms with Gasteiger partial charge < -0.3 is 24.8 Å². The lowest BCUT2D eigenvalue weighted by atomic mass is 10.1. The van der Waals surface area contributed by atoms with Crippen molar-refractivity contribution < 1.29 is 14.2 Å². The third kappa shape index (κ3) is 10.7. The van der Waals surface area contributed by atoms with Crippen molar-refractivity contribution in [3.63, 3.8) is 0 Å². The third-order valence-corrected chi connectivity index (χ3v) is 4.72. The molecule has 2 aromatic carbocycles. The molecule has 7 heteroatoms. The molecule has 2 aromatic rings. The maximum Gasteiger partial charge on any atom is 0.191 e. The standard InChI is InChI=1S/C25H37N3O3.HI/c1-5-26-25(27-13-12-23-16-20(3)10-11-24(23)29-4)28-18-21-8-7-9-22(17-21)19-31-15-14-30-6-2;/h7-11,16-17H,5-6,12-15,18-19H2,1-4H3,(H2,26,27,28);1H. The number of guanidine groups is 1. The third-order valence-electron chi connectivity index (χ3n) is 4.72. The number of hydrogen-bond acceptors (Lipinski definition) is 4. The Bertz CT molecular complexity index is 815. The number of aliphatic imine (C=N–C) groups is 1. The zero-order valence-electron chi connectivity index (χ0n) is 19.8. The van der Waals surface area contributed by atoms with E-state index in [9.17, 15) is 0 Å². The van der Waals surface area contributed by atoms with Crippen LogP contribution in [0.25, 0.3) is 0 Å². The van der Waals surface area contributed by atoms with Gasteiger partial charge in [-0.25, -0.2) is 4.99 Å². The Morgan fingerprint density at radius 3 is 2.50 bits per heavy atom. The van der Waals surface area contributed by atoms with E-state index < -0.39 is 0 Å². The average Bonchev–Trinajstić information content (AvgIpc) is 2.78. The molecule has 32 heavy (non-hydrogen) atoms. The number of aryl methyl sites for hydroxylation is 1. The minimum absolute atomic E-state index is 0. The summed E-state index contributed by atoms with van der Waals surface area (Å²) in [6.45, 7) is 10.9. The Labute approximate surface area is 210 Å². The van der Waals surface area contributed by atoms with Gasteiger partial charge in [-0.3, -0.25) is 0 Å². The molecule has 0 spiro atoms. The SMILES string of the molecule is CCNC(=NCc1cccc(COCCOCC)c1)NCCc1cc(C)ccc1OC.I. The largest absolute Gasteiger partial charge is 0.496 e. The van der Waals surface area contributed by atoms with E-state index in [0.29, 0.717) is 26.4 Å². The number of hydrogen-bond donors (Lipinski definition) is 2. The van der Waals surface area contributed by atoms with Crippen LogP contribution in [0.5, 0.6) is 5.75 Å². The number of ether oxygens (including phenoxy) is 3. The molecule has 0 saturated heterocycles. The molecule has 0 atom stereocenters. The second kappa shape index (κ2) is 16.7. The maximum absolute atomic E-state index is 5.67. The fourth-order valence-electron chi connectivity index (χ4n) is 3.20. The molecule has 0 amide bonds. The highest BCUT2D eigenvalue weighted by molar-refractivity contribution is 14.0. The molecule has 0 aliphatic rings. The van der Waals surface area contributed by atoms with Gasteiger partial charge >= 0.3 is 0 Å². The number of methoxy groups -OCH3 is 1. The summed E-state index contributed by atoms with van der Waals surface area (Å²) in [5.41, 5.74) is 4.73. The van der Waals surface area contributed by atoms with Gasteiger partial charge in [0.25, 0.3) is 0 Å². The topological polar surface area (TPSA) is 64.1 Å². The lowest BCUT2D eigenvalue weighted by molar-refractivity contribution is 0.0453. The van der Waals surface area contributed by atoms with Gasteiger partial charge in [-0.2, -0.15) is 0 Å². The molecule has 0 fully saturated rings. The van der Waals surface area contributed by atoms with Crippen LogP contribution in [-0.4, -0.2) is 46.0 Å². The lowest BCUT2D eigenvalue weighted by Gasteiger charge is -2.13. The molecule has 0 aliphatic carbocycles. The Balaban J connectivity index is 0.00000512. The van der Waals surface area contributed by atoms with Gasteiger partial charge in [0.05, 0.1) is 33.5 Å². The van der Waals surface area contributed by atoms with Crippen molar-refractivity contribution in [1.82, 2.24) is 10.6 Å². The minimum Gasteiger partial charge on any atom is -0.496 e. The van der Waals surface area contributed by atoms with Crippen LogP contribution in [0.4, 0.5) is 0 Å². The number of nitrogens with one attached hydrogen (secondary N) is 2. The van der Waals surface area contributed by atoms with Crippen molar-refractivity contribution in [2.45, 2.75) is 40.3 Å². The van der Waals surface area contributed by atoms with Gasteiger partial charge in [-0.15, -0.1) is 24.0 Å². The molecule has 0 heterocycles. The Morgan fingerprint density at radius 1 is 0.969 bits per heavy atom. The average molecular weight is 556 g/mol. The molecular formula is C25H38IN3O3. The van der Waals surface area contributed by atoms with Crippen LogP contribution in [0.3, 0.4) is 0 Å². The lowest BCUT2D eigenvalue weighted by Crippen LogP contribution is -2.38. The van der Waals surface area contributed by atoms with Crippen LogP contribution >= 0.6 is 24.0 Å². The fourth-order valence-corrected chi connectivity index (χ4v) is 3.20. The summed E-state index contributed by atoms with van der Waals surface area (Å²) in [5, 5.41) is 6.74. The van der Waals surface area contributed by atoms with E-state index in [1.54, 1.807) is 7.11 Å². The molecule has 178 valence electrons. The van der Waals surface area contributed by atoms with Crippen LogP contribution in [0, 0.1) is 6.92 Å². The van der Waals surface area contributed by atoms with Crippen LogP contribution in [0.1, 0.15) is 36.1 Å². The summed E-state index contributed by atoms with van der Waals surface area (Å²) in [6.07, 6.45) is 0.865. The second-order valence-corrected chi connectivity index (χ2v) is 7.26. The van der Waals surface area contributed by atoms with Crippen LogP contribution in [0.15, 0.2) is 47.5 Å². The fraction of sp³-hybridized carbons (Fsp3) is 0.480. The quantitative estimate of drug-likeness (QED) is 0.165. The van der Waals surface area contributed by atoms with E-state index in [1.165, 1.54) is 11.1 Å². The van der Waals surface area contributed by atoms with E-state index in [4.69, 9.17) is 19.2 Å². The summed E-state index contributed by atoms with van der Waals surface area (Å²) in [5.74, 6) is 1.74. The van der Waals surface area contributed by atoms with E-state index >= 15 is 0 Å². The van der Waals surface area contributed by atoms with Gasteiger partial charge in [-0.1, -0.05) is 42.0 Å². The molecule has 2 N–H and O–H groups in total. The molecule has 2 rings (SSSR count). The van der Waals surface area contributed by atoms with Gasteiger partial charge in [0, 0.05) is 19.7 Å². The van der Waals surface area contributed by atoms with Crippen LogP contribution < -0.4 is 15.4 Å². The Morgan fingerprint density at radius 2 is 1.75 bits per heavy atom. The number of benzene rings is 2. The normalized spacial score (nSPS) is 11.1. The van der Waals surface area contributed by atoms with E-state index in [2.05, 4.69) is 60.9 Å². The maximum atomic E-state index is 5.67. The van der Waals surface area contributed by atoms with Crippen molar-refractivity contribution in [3.8, 4) is 5.75 Å². The molecule has 0 saturated carbocycles. The van der Waals surface area contributed by atoms with Gasteiger partial charge in [0.1, 0.15) is 5.75 Å². The molecule has 0 aromatic heterocycles. The van der Waals surface area contributed by atoms with Crippen molar-refractivity contribution >= 4 is 29.9 Å². The number of nitrogens with zero attached hydrogens (tertiary/aromatic N) is 1. The first-order chi connectivity index (χ1) is 15.2. The number of rotatable bonds is 13. The first-order valence-corrected chi connectivity index (χ1v) is 11.0. The molecular weight excluding hydrogens is 517 g/mol. The van der Waals surface area contributed by atoms with Gasteiger partial charge in [0.2, 0.25) is 0 Å². The van der Waals surface area contributed by atoms with Crippen molar-refractivity contribution in [1.29, 1.82) is 0 Å². The van der Waals surface area contributed by atoms with Crippen molar-refractivity contribution in [3.05, 3.63) is 64.7 Å². The summed E-state index contributed by atoms with van der Waals surface area (Å²) < 4.78 is 16.4. The summed E-state index contributed by atoms with van der Waals surface area (Å²) in [4.78, 5) is 4.74. The van der Waals surface area contributed by atoms with Crippen LogP contribution in [-0.2, 0) is 29.0 Å². The first-order valence-electron chi connectivity index (χ1n) is 11.0. The predicted molar refractivity (Wildman–Crippen MR) is 142 cm³/mol. The zero-order valence-corrected chi connectivity index (χ0v) is 22.1. The first kappa shape index (κ1) is 28.2. The Hall–Kier alpha value is -1.84. The van der Waals surface area contributed by atoms with Gasteiger partial charge in [-0.05, 0) is 49.9 Å². The Kier molecular flexibility index (Phi) is 14.8. The highest BCUT2D eigenvalue weighted by Gasteiger charge is 2.04. The minimum atomic E-state index is 0. The highest BCUT2D eigenvalue weighted by atomic mass is 127. The summed E-state index contributed by atoms with van der Waals surface area (Å²) in [7, 11) is 1.71. The smallest absolute Gasteiger partial charge is 0.191 e. The van der Waals surface area contributed by atoms with E-state index in [1.807, 2.05) is 13.0 Å². The summed E-state index contributed by atoms with van der Waals surface area (Å²) >= 11 is 0. The van der Waals surface area contributed by atoms with Crippen LogP contribution in [0.2, 0.25) is 0 Å². The molecule has 0 aliphatic heterocycles. The van der Waals surface area contributed by atoms with Crippen molar-refractivity contribution in [2.75, 3.05) is 40.0 Å². The van der Waals surface area contributed by atoms with E-state index in [-0.39, 0.29) is 24.0 Å². The van der Waals surface area contributed by atoms with Crippen molar-refractivity contribution in [2.24, 2.45) is 4.99 Å². The monoisotopic (exact) mass is 555 g/mol. The number of halogens is 1.